The van der Waals surface area contributed by atoms with Crippen LogP contribution in [0.4, 0.5) is 0 Å². The smallest absolute Gasteiger partial charge is 0.243 e. The maximum absolute atomic E-state index is 12.9. The van der Waals surface area contributed by atoms with Crippen molar-refractivity contribution in [3.05, 3.63) is 23.8 Å². The molecule has 0 aliphatic carbocycles. The fourth-order valence-corrected chi connectivity index (χ4v) is 5.29. The maximum Gasteiger partial charge on any atom is 0.243 e. The van der Waals surface area contributed by atoms with Gasteiger partial charge in [-0.1, -0.05) is 33.3 Å². The Morgan fingerprint density at radius 2 is 1.97 bits per heavy atom. The zero-order valence-electron chi connectivity index (χ0n) is 18.9. The van der Waals surface area contributed by atoms with Crippen molar-refractivity contribution in [2.75, 3.05) is 26.5 Å². The molecule has 0 radical (unpaired) electrons. The number of unbranched alkanes of at least 4 members (excludes halogenated alkanes) is 1. The van der Waals surface area contributed by atoms with Gasteiger partial charge < -0.3 is 19.7 Å². The van der Waals surface area contributed by atoms with Crippen LogP contribution in [0.1, 0.15) is 52.0 Å². The number of ether oxygens (including phenoxy) is 2. The number of carbonyl (C=O) groups is 2. The molecule has 7 heteroatoms. The Kier molecular flexibility index (Phi) is 9.82. The SMILES string of the molecule is CCCCC(=O)N1C(CC(C)C)SCC1C(=O)NCCc1ccc(OC)c(OC)c1. The standard InChI is InChI=1S/C23H36N2O4S/c1-6-7-8-21(26)25-18(15-30-22(25)13-16(2)3)23(27)24-12-11-17-9-10-19(28-4)20(14-17)29-5/h9-10,14,16,18,22H,6-8,11-13,15H2,1-5H3,(H,24,27). The van der Waals surface area contributed by atoms with Crippen molar-refractivity contribution in [3.8, 4) is 11.5 Å². The second kappa shape index (κ2) is 12.1. The lowest BCUT2D eigenvalue weighted by Crippen LogP contribution is -2.50. The minimum Gasteiger partial charge on any atom is -0.493 e. The molecule has 1 fully saturated rings. The molecular formula is C23H36N2O4S. The van der Waals surface area contributed by atoms with Crippen LogP contribution in [0.2, 0.25) is 0 Å². The number of rotatable bonds is 11. The summed E-state index contributed by atoms with van der Waals surface area (Å²) in [5, 5.41) is 3.13. The van der Waals surface area contributed by atoms with E-state index in [-0.39, 0.29) is 23.2 Å². The van der Waals surface area contributed by atoms with Crippen LogP contribution in [-0.4, -0.2) is 54.6 Å². The Morgan fingerprint density at radius 1 is 1.23 bits per heavy atom. The molecule has 30 heavy (non-hydrogen) atoms. The zero-order valence-corrected chi connectivity index (χ0v) is 19.7. The van der Waals surface area contributed by atoms with E-state index in [0.717, 1.165) is 24.8 Å². The molecule has 0 bridgehead atoms. The van der Waals surface area contributed by atoms with E-state index in [1.807, 2.05) is 23.1 Å². The van der Waals surface area contributed by atoms with E-state index >= 15 is 0 Å². The topological polar surface area (TPSA) is 67.9 Å². The summed E-state index contributed by atoms with van der Waals surface area (Å²) in [5.74, 6) is 2.56. The van der Waals surface area contributed by atoms with Crippen molar-refractivity contribution in [2.24, 2.45) is 5.92 Å². The first-order chi connectivity index (χ1) is 14.4. The first-order valence-corrected chi connectivity index (χ1v) is 11.9. The lowest BCUT2D eigenvalue weighted by atomic mass is 10.1. The summed E-state index contributed by atoms with van der Waals surface area (Å²) >= 11 is 1.73. The number of methoxy groups -OCH3 is 2. The Balaban J connectivity index is 1.97. The fraction of sp³-hybridized carbons (Fsp3) is 0.652. The number of benzene rings is 1. The van der Waals surface area contributed by atoms with E-state index in [2.05, 4.69) is 26.1 Å². The van der Waals surface area contributed by atoms with Crippen molar-refractivity contribution in [1.82, 2.24) is 10.2 Å². The van der Waals surface area contributed by atoms with Gasteiger partial charge in [0, 0.05) is 18.7 Å². The Hall–Kier alpha value is -1.89. The van der Waals surface area contributed by atoms with Crippen LogP contribution in [0.25, 0.3) is 0 Å². The van der Waals surface area contributed by atoms with Crippen molar-refractivity contribution in [1.29, 1.82) is 0 Å². The molecule has 1 aliphatic rings. The molecule has 1 heterocycles. The first kappa shape index (κ1) is 24.4. The third-order valence-electron chi connectivity index (χ3n) is 5.26. The molecule has 0 saturated carbocycles. The van der Waals surface area contributed by atoms with Crippen molar-refractivity contribution < 1.29 is 19.1 Å². The number of hydrogen-bond donors (Lipinski definition) is 1. The maximum atomic E-state index is 12.9. The average Bonchev–Trinajstić information content (AvgIpc) is 3.14. The lowest BCUT2D eigenvalue weighted by molar-refractivity contribution is -0.140. The summed E-state index contributed by atoms with van der Waals surface area (Å²) in [6, 6.07) is 5.38. The summed E-state index contributed by atoms with van der Waals surface area (Å²) in [6.07, 6.45) is 3.95. The predicted octanol–water partition coefficient (Wildman–Crippen LogP) is 3.87. The van der Waals surface area contributed by atoms with Crippen LogP contribution in [0.3, 0.4) is 0 Å². The number of hydrogen-bond acceptors (Lipinski definition) is 5. The van der Waals surface area contributed by atoms with Gasteiger partial charge in [0.15, 0.2) is 11.5 Å². The molecule has 1 N–H and O–H groups in total. The van der Waals surface area contributed by atoms with Gasteiger partial charge >= 0.3 is 0 Å². The number of nitrogens with one attached hydrogen (secondary N) is 1. The number of thioether (sulfide) groups is 1. The Morgan fingerprint density at radius 3 is 2.60 bits per heavy atom. The van der Waals surface area contributed by atoms with Gasteiger partial charge in [-0.15, -0.1) is 11.8 Å². The Bertz CT molecular complexity index is 710. The molecule has 1 aromatic rings. The second-order valence-corrected chi connectivity index (χ2v) is 9.28. The quantitative estimate of drug-likeness (QED) is 0.570. The molecule has 1 aromatic carbocycles. The van der Waals surface area contributed by atoms with E-state index < -0.39 is 0 Å². The normalized spacial score (nSPS) is 18.5. The third-order valence-corrected chi connectivity index (χ3v) is 6.57. The molecule has 1 saturated heterocycles. The van der Waals surface area contributed by atoms with Crippen LogP contribution in [0.5, 0.6) is 11.5 Å². The lowest BCUT2D eigenvalue weighted by Gasteiger charge is -2.30. The van der Waals surface area contributed by atoms with Gasteiger partial charge in [0.25, 0.3) is 0 Å². The molecule has 2 amide bonds. The first-order valence-electron chi connectivity index (χ1n) is 10.8. The monoisotopic (exact) mass is 436 g/mol. The van der Waals surface area contributed by atoms with Crippen LogP contribution in [-0.2, 0) is 16.0 Å². The summed E-state index contributed by atoms with van der Waals surface area (Å²) in [4.78, 5) is 27.6. The van der Waals surface area contributed by atoms with E-state index in [0.29, 0.717) is 42.6 Å². The van der Waals surface area contributed by atoms with Gasteiger partial charge in [-0.3, -0.25) is 9.59 Å². The highest BCUT2D eigenvalue weighted by molar-refractivity contribution is 8.00. The fourth-order valence-electron chi connectivity index (χ4n) is 3.63. The van der Waals surface area contributed by atoms with Gasteiger partial charge in [-0.2, -0.15) is 0 Å². The Labute approximate surface area is 185 Å². The number of nitrogens with zero attached hydrogens (tertiary/aromatic N) is 1. The van der Waals surface area contributed by atoms with Crippen LogP contribution in [0.15, 0.2) is 18.2 Å². The third kappa shape index (κ3) is 6.56. The van der Waals surface area contributed by atoms with Gasteiger partial charge in [0.2, 0.25) is 11.8 Å². The molecule has 0 aromatic heterocycles. The van der Waals surface area contributed by atoms with Gasteiger partial charge in [0.1, 0.15) is 6.04 Å². The summed E-state index contributed by atoms with van der Waals surface area (Å²) in [5.41, 5.74) is 1.06. The van der Waals surface area contributed by atoms with E-state index in [1.165, 1.54) is 0 Å². The van der Waals surface area contributed by atoms with Crippen LogP contribution < -0.4 is 14.8 Å². The van der Waals surface area contributed by atoms with E-state index in [4.69, 9.17) is 9.47 Å². The second-order valence-electron chi connectivity index (χ2n) is 8.07. The summed E-state index contributed by atoms with van der Waals surface area (Å²) in [6.45, 7) is 6.91. The molecule has 2 atom stereocenters. The molecule has 2 unspecified atom stereocenters. The minimum absolute atomic E-state index is 0.0564. The summed E-state index contributed by atoms with van der Waals surface area (Å²) < 4.78 is 10.6. The number of amides is 2. The van der Waals surface area contributed by atoms with Crippen molar-refractivity contribution >= 4 is 23.6 Å². The van der Waals surface area contributed by atoms with Gasteiger partial charge in [-0.25, -0.2) is 0 Å². The highest BCUT2D eigenvalue weighted by Crippen LogP contribution is 2.34. The minimum atomic E-state index is -0.381. The van der Waals surface area contributed by atoms with E-state index in [1.54, 1.807) is 26.0 Å². The zero-order chi connectivity index (χ0) is 22.1. The van der Waals surface area contributed by atoms with Crippen LogP contribution in [0, 0.1) is 5.92 Å². The molecule has 1 aliphatic heterocycles. The van der Waals surface area contributed by atoms with Gasteiger partial charge in [-0.05, 0) is 42.9 Å². The van der Waals surface area contributed by atoms with Gasteiger partial charge in [0.05, 0.1) is 19.6 Å². The summed E-state index contributed by atoms with van der Waals surface area (Å²) in [7, 11) is 3.22. The molecular weight excluding hydrogens is 400 g/mol. The number of carbonyl (C=O) groups excluding carboxylic acids is 2. The highest BCUT2D eigenvalue weighted by atomic mass is 32.2. The largest absolute Gasteiger partial charge is 0.493 e. The van der Waals surface area contributed by atoms with Crippen molar-refractivity contribution in [3.63, 3.8) is 0 Å². The molecule has 6 nitrogen and oxygen atoms in total. The van der Waals surface area contributed by atoms with Crippen LogP contribution >= 0.6 is 11.8 Å². The van der Waals surface area contributed by atoms with Crippen molar-refractivity contribution in [2.45, 2.75) is 64.3 Å². The molecule has 168 valence electrons. The highest BCUT2D eigenvalue weighted by Gasteiger charge is 2.41. The van der Waals surface area contributed by atoms with E-state index in [9.17, 15) is 9.59 Å². The average molecular weight is 437 g/mol. The predicted molar refractivity (Wildman–Crippen MR) is 122 cm³/mol. The molecule has 0 spiro atoms. The molecule has 2 rings (SSSR count).